The summed E-state index contributed by atoms with van der Waals surface area (Å²) in [5.74, 6) is 0. The van der Waals surface area contributed by atoms with Crippen LogP contribution in [0.25, 0.3) is 0 Å². The first-order chi connectivity index (χ1) is 16.7. The van der Waals surface area contributed by atoms with E-state index in [2.05, 4.69) is 13.2 Å². The van der Waals surface area contributed by atoms with E-state index in [4.69, 9.17) is 28.4 Å². The summed E-state index contributed by atoms with van der Waals surface area (Å²) in [7, 11) is 0. The second-order valence-electron chi connectivity index (χ2n) is 8.46. The third kappa shape index (κ3) is 6.02. The molecule has 2 aromatic rings. The van der Waals surface area contributed by atoms with Gasteiger partial charge in [0.1, 0.15) is 36.6 Å². The standard InChI is InChI=1S/C28H34O6/c1-4-16-29-24-23(31-18-21-12-8-6-9-13-21)25(32-19-22-14-10-7-11-15-22)28-26(30-17-5-2)27(24)33-20(3)34-28/h4-15,20,23-28H,1-2,16-19H2,3H3/t20-,23-,24-,25-,26-,27+,28-/m1/s1. The van der Waals surface area contributed by atoms with Gasteiger partial charge in [0.2, 0.25) is 0 Å². The molecule has 0 aromatic heterocycles. The lowest BCUT2D eigenvalue weighted by Crippen LogP contribution is -2.71. The van der Waals surface area contributed by atoms with E-state index < -0.39 is 24.6 Å². The monoisotopic (exact) mass is 466 g/mol. The highest BCUT2D eigenvalue weighted by Crippen LogP contribution is 2.38. The molecule has 1 heterocycles. The van der Waals surface area contributed by atoms with Crippen LogP contribution >= 0.6 is 0 Å². The highest BCUT2D eigenvalue weighted by atomic mass is 16.7. The second kappa shape index (κ2) is 12.4. The summed E-state index contributed by atoms with van der Waals surface area (Å²) < 4.78 is 37.8. The Morgan fingerprint density at radius 1 is 0.647 bits per heavy atom. The number of benzene rings is 2. The Labute approximate surface area is 202 Å². The zero-order chi connectivity index (χ0) is 23.8. The van der Waals surface area contributed by atoms with E-state index in [0.717, 1.165) is 11.1 Å². The zero-order valence-corrected chi connectivity index (χ0v) is 19.7. The Morgan fingerprint density at radius 2 is 1.09 bits per heavy atom. The van der Waals surface area contributed by atoms with Crippen molar-refractivity contribution in [1.29, 1.82) is 0 Å². The van der Waals surface area contributed by atoms with Crippen molar-refractivity contribution in [2.75, 3.05) is 13.2 Å². The summed E-state index contributed by atoms with van der Waals surface area (Å²) in [5.41, 5.74) is 2.14. The molecule has 0 unspecified atom stereocenters. The normalized spacial score (nSPS) is 30.6. The summed E-state index contributed by atoms with van der Waals surface area (Å²) in [6, 6.07) is 20.1. The van der Waals surface area contributed by atoms with E-state index in [-0.39, 0.29) is 18.3 Å². The largest absolute Gasteiger partial charge is 0.369 e. The highest BCUT2D eigenvalue weighted by Gasteiger charge is 2.58. The lowest BCUT2D eigenvalue weighted by atomic mass is 9.83. The minimum Gasteiger partial charge on any atom is -0.369 e. The molecule has 2 aromatic carbocycles. The van der Waals surface area contributed by atoms with E-state index in [9.17, 15) is 0 Å². The van der Waals surface area contributed by atoms with Gasteiger partial charge >= 0.3 is 0 Å². The molecule has 2 fully saturated rings. The van der Waals surface area contributed by atoms with Crippen LogP contribution in [-0.4, -0.2) is 56.1 Å². The van der Waals surface area contributed by atoms with E-state index in [0.29, 0.717) is 26.4 Å². The van der Waals surface area contributed by atoms with Crippen LogP contribution in [-0.2, 0) is 41.6 Å². The first-order valence-electron chi connectivity index (χ1n) is 11.8. The van der Waals surface area contributed by atoms with E-state index in [1.807, 2.05) is 67.6 Å². The third-order valence-corrected chi connectivity index (χ3v) is 6.02. The Morgan fingerprint density at radius 3 is 1.59 bits per heavy atom. The molecule has 0 radical (unpaired) electrons. The van der Waals surface area contributed by atoms with Crippen molar-refractivity contribution in [3.8, 4) is 0 Å². The topological polar surface area (TPSA) is 55.4 Å². The fourth-order valence-corrected chi connectivity index (χ4v) is 4.56. The molecule has 2 aliphatic rings. The van der Waals surface area contributed by atoms with E-state index >= 15 is 0 Å². The first kappa shape index (κ1) is 24.8. The lowest BCUT2D eigenvalue weighted by molar-refractivity contribution is -0.365. The van der Waals surface area contributed by atoms with E-state index in [1.165, 1.54) is 0 Å². The molecule has 4 rings (SSSR count). The number of hydrogen-bond acceptors (Lipinski definition) is 6. The predicted molar refractivity (Wildman–Crippen MR) is 129 cm³/mol. The van der Waals surface area contributed by atoms with Gasteiger partial charge in [-0.3, -0.25) is 0 Å². The molecule has 1 saturated carbocycles. The smallest absolute Gasteiger partial charge is 0.156 e. The van der Waals surface area contributed by atoms with Gasteiger partial charge in [-0.1, -0.05) is 72.8 Å². The predicted octanol–water partition coefficient (Wildman–Crippen LogP) is 4.44. The molecular weight excluding hydrogens is 432 g/mol. The summed E-state index contributed by atoms with van der Waals surface area (Å²) in [6.45, 7) is 11.0. The molecule has 0 amide bonds. The maximum Gasteiger partial charge on any atom is 0.156 e. The molecule has 6 nitrogen and oxygen atoms in total. The highest BCUT2D eigenvalue weighted by molar-refractivity contribution is 5.15. The van der Waals surface area contributed by atoms with Crippen LogP contribution in [0.15, 0.2) is 86.0 Å². The molecule has 2 bridgehead atoms. The maximum atomic E-state index is 6.51. The minimum absolute atomic E-state index is 0.356. The quantitative estimate of drug-likeness (QED) is 0.431. The van der Waals surface area contributed by atoms with Crippen LogP contribution in [0.1, 0.15) is 18.1 Å². The Kier molecular flexibility index (Phi) is 9.04. The molecule has 0 spiro atoms. The van der Waals surface area contributed by atoms with Crippen LogP contribution in [0.2, 0.25) is 0 Å². The van der Waals surface area contributed by atoms with Crippen molar-refractivity contribution in [3.05, 3.63) is 97.1 Å². The molecule has 34 heavy (non-hydrogen) atoms. The van der Waals surface area contributed by atoms with E-state index in [1.54, 1.807) is 12.2 Å². The van der Waals surface area contributed by atoms with Crippen LogP contribution < -0.4 is 0 Å². The molecule has 182 valence electrons. The van der Waals surface area contributed by atoms with Gasteiger partial charge < -0.3 is 28.4 Å². The SMILES string of the molecule is C=CCO[C@@H]1[C@H]2O[C@@H](C)O[C@@H]1[C@H](OCc1ccccc1)[C@H](OCc1ccccc1)[C@H]2OCC=C. The van der Waals surface area contributed by atoms with Gasteiger partial charge in [0.05, 0.1) is 26.4 Å². The van der Waals surface area contributed by atoms with Gasteiger partial charge in [0.15, 0.2) is 6.29 Å². The lowest BCUT2D eigenvalue weighted by Gasteiger charge is -2.53. The number of ether oxygens (including phenoxy) is 6. The van der Waals surface area contributed by atoms with Crippen molar-refractivity contribution in [2.45, 2.75) is 63.1 Å². The zero-order valence-electron chi connectivity index (χ0n) is 19.7. The summed E-state index contributed by atoms with van der Waals surface area (Å²) in [4.78, 5) is 0. The second-order valence-corrected chi connectivity index (χ2v) is 8.46. The van der Waals surface area contributed by atoms with Crippen molar-refractivity contribution in [2.24, 2.45) is 0 Å². The van der Waals surface area contributed by atoms with Crippen molar-refractivity contribution in [1.82, 2.24) is 0 Å². The van der Waals surface area contributed by atoms with Crippen LogP contribution in [0.3, 0.4) is 0 Å². The molecule has 6 heteroatoms. The van der Waals surface area contributed by atoms with Crippen LogP contribution in [0.5, 0.6) is 0 Å². The summed E-state index contributed by atoms with van der Waals surface area (Å²) in [5, 5.41) is 0. The fraction of sp³-hybridized carbons (Fsp3) is 0.429. The van der Waals surface area contributed by atoms with Crippen molar-refractivity contribution >= 4 is 0 Å². The van der Waals surface area contributed by atoms with Crippen molar-refractivity contribution < 1.29 is 28.4 Å². The molecular formula is C28H34O6. The van der Waals surface area contributed by atoms with Crippen LogP contribution in [0, 0.1) is 0 Å². The van der Waals surface area contributed by atoms with Gasteiger partial charge in [0.25, 0.3) is 0 Å². The first-order valence-corrected chi connectivity index (χ1v) is 11.8. The number of hydrogen-bond donors (Lipinski definition) is 0. The van der Waals surface area contributed by atoms with Gasteiger partial charge in [-0.2, -0.15) is 0 Å². The molecule has 7 atom stereocenters. The van der Waals surface area contributed by atoms with Gasteiger partial charge in [-0.25, -0.2) is 0 Å². The third-order valence-electron chi connectivity index (χ3n) is 6.02. The average Bonchev–Trinajstić information content (AvgIpc) is 2.86. The maximum absolute atomic E-state index is 6.51. The molecule has 0 N–H and O–H groups in total. The Hall–Kier alpha value is -2.32. The van der Waals surface area contributed by atoms with Gasteiger partial charge in [-0.05, 0) is 18.1 Å². The minimum atomic E-state index is -0.435. The number of rotatable bonds is 12. The Balaban J connectivity index is 1.63. The van der Waals surface area contributed by atoms with Gasteiger partial charge in [-0.15, -0.1) is 13.2 Å². The summed E-state index contributed by atoms with van der Waals surface area (Å²) >= 11 is 0. The molecule has 1 saturated heterocycles. The average molecular weight is 467 g/mol. The number of fused-ring (bicyclic) bond motifs is 2. The van der Waals surface area contributed by atoms with Gasteiger partial charge in [0, 0.05) is 0 Å². The molecule has 1 aliphatic carbocycles. The van der Waals surface area contributed by atoms with Crippen LogP contribution in [0.4, 0.5) is 0 Å². The van der Waals surface area contributed by atoms with Crippen molar-refractivity contribution in [3.63, 3.8) is 0 Å². The summed E-state index contributed by atoms with van der Waals surface area (Å²) in [6.07, 6.45) is 0.561. The fourth-order valence-electron chi connectivity index (χ4n) is 4.56. The molecule has 1 aliphatic heterocycles. The Bertz CT molecular complexity index is 888.